The highest BCUT2D eigenvalue weighted by Gasteiger charge is 2.35. The first-order valence-corrected chi connectivity index (χ1v) is 6.58. The second-order valence-electron chi connectivity index (χ2n) is 5.27. The van der Waals surface area contributed by atoms with Crippen LogP contribution >= 0.6 is 11.6 Å². The number of aromatic carboxylic acids is 1. The van der Waals surface area contributed by atoms with Gasteiger partial charge in [0.2, 0.25) is 0 Å². The third kappa shape index (κ3) is 2.63. The zero-order chi connectivity index (χ0) is 15.1. The molecule has 0 bridgehead atoms. The van der Waals surface area contributed by atoms with E-state index in [-0.39, 0.29) is 17.0 Å². The number of aromatic nitrogens is 1. The third-order valence-corrected chi connectivity index (χ3v) is 3.49. The maximum Gasteiger partial charge on any atom is 0.341 e. The minimum absolute atomic E-state index is 0.191. The summed E-state index contributed by atoms with van der Waals surface area (Å²) in [5, 5.41) is 13.8. The van der Waals surface area contributed by atoms with Crippen molar-refractivity contribution in [1.29, 1.82) is 0 Å². The summed E-state index contributed by atoms with van der Waals surface area (Å²) in [6.45, 7) is 4.29. The Bertz CT molecular complexity index is 623. The molecule has 0 fully saturated rings. The minimum Gasteiger partial charge on any atom is -0.477 e. The lowest BCUT2D eigenvalue weighted by molar-refractivity contribution is 0.0682. The fourth-order valence-electron chi connectivity index (χ4n) is 2.24. The number of carboxylic acid groups (broad SMARTS) is 1. The van der Waals surface area contributed by atoms with E-state index in [2.05, 4.69) is 5.16 Å². The Balaban J connectivity index is 2.63. The summed E-state index contributed by atoms with van der Waals surface area (Å²) in [4.78, 5) is 11.4. The lowest BCUT2D eigenvalue weighted by atomic mass is 9.91. The molecule has 6 heteroatoms. The third-order valence-electron chi connectivity index (χ3n) is 3.19. The second kappa shape index (κ2) is 5.05. The van der Waals surface area contributed by atoms with Crippen molar-refractivity contribution < 1.29 is 18.8 Å². The lowest BCUT2D eigenvalue weighted by Gasteiger charge is -2.14. The van der Waals surface area contributed by atoms with Crippen molar-refractivity contribution in [3.8, 4) is 0 Å². The van der Waals surface area contributed by atoms with E-state index in [0.29, 0.717) is 17.9 Å². The molecule has 1 aromatic heterocycles. The molecule has 1 aliphatic carbocycles. The molecule has 0 saturated heterocycles. The van der Waals surface area contributed by atoms with Crippen LogP contribution in [0.25, 0.3) is 5.57 Å². The van der Waals surface area contributed by atoms with Gasteiger partial charge in [-0.15, -0.1) is 0 Å². The van der Waals surface area contributed by atoms with Gasteiger partial charge in [0.05, 0.1) is 0 Å². The van der Waals surface area contributed by atoms with Gasteiger partial charge in [-0.2, -0.15) is 0 Å². The first kappa shape index (κ1) is 14.8. The summed E-state index contributed by atoms with van der Waals surface area (Å²) in [6, 6.07) is 0. The normalized spacial score (nSPS) is 16.4. The van der Waals surface area contributed by atoms with Crippen molar-refractivity contribution in [2.24, 2.45) is 0 Å². The van der Waals surface area contributed by atoms with Crippen molar-refractivity contribution in [2.45, 2.75) is 39.3 Å². The predicted molar refractivity (Wildman–Crippen MR) is 73.4 cm³/mol. The summed E-state index contributed by atoms with van der Waals surface area (Å²) in [7, 11) is 0. The fraction of sp³-hybridized carbons (Fsp3) is 0.429. The van der Waals surface area contributed by atoms with Gasteiger partial charge >= 0.3 is 5.97 Å². The Morgan fingerprint density at radius 1 is 1.50 bits per heavy atom. The van der Waals surface area contributed by atoms with Crippen LogP contribution in [0, 0.1) is 0 Å². The first-order chi connectivity index (χ1) is 9.21. The number of hydrogen-bond acceptors (Lipinski definition) is 3. The van der Waals surface area contributed by atoms with Crippen LogP contribution in [-0.4, -0.2) is 16.2 Å². The largest absolute Gasteiger partial charge is 0.477 e. The number of carboxylic acids is 1. The smallest absolute Gasteiger partial charge is 0.341 e. The number of rotatable bonds is 3. The quantitative estimate of drug-likeness (QED) is 0.905. The number of halogens is 2. The van der Waals surface area contributed by atoms with Gasteiger partial charge in [0, 0.05) is 5.03 Å². The SMILES string of the molecule is CC1=C(c2noc(C(C)(C)F)c2C(=O)O)CCC(Cl)=C1. The summed E-state index contributed by atoms with van der Waals surface area (Å²) in [5.74, 6) is -1.51. The molecule has 20 heavy (non-hydrogen) atoms. The van der Waals surface area contributed by atoms with Crippen LogP contribution in [0.1, 0.15) is 55.4 Å². The summed E-state index contributed by atoms with van der Waals surface area (Å²) >= 11 is 5.95. The molecule has 0 spiro atoms. The Morgan fingerprint density at radius 3 is 2.65 bits per heavy atom. The number of hydrogen-bond donors (Lipinski definition) is 1. The average Bonchev–Trinajstić information content (AvgIpc) is 2.72. The molecular weight excluding hydrogens is 285 g/mol. The Kier molecular flexibility index (Phi) is 3.73. The van der Waals surface area contributed by atoms with Gasteiger partial charge < -0.3 is 9.63 Å². The summed E-state index contributed by atoms with van der Waals surface area (Å²) in [5.41, 5.74) is -0.379. The number of carbonyl (C=O) groups is 1. The number of nitrogens with zero attached hydrogens (tertiary/aromatic N) is 1. The van der Waals surface area contributed by atoms with E-state index >= 15 is 0 Å². The Labute approximate surface area is 120 Å². The van der Waals surface area contributed by atoms with Gasteiger partial charge in [-0.05, 0) is 50.8 Å². The van der Waals surface area contributed by atoms with E-state index < -0.39 is 11.6 Å². The maximum absolute atomic E-state index is 14.0. The molecular formula is C14H15ClFNO3. The molecule has 0 amide bonds. The lowest BCUT2D eigenvalue weighted by Crippen LogP contribution is -2.14. The van der Waals surface area contributed by atoms with Crippen molar-refractivity contribution in [1.82, 2.24) is 5.16 Å². The van der Waals surface area contributed by atoms with Crippen LogP contribution in [0.5, 0.6) is 0 Å². The highest BCUT2D eigenvalue weighted by Crippen LogP contribution is 2.37. The molecule has 0 unspecified atom stereocenters. The standard InChI is InChI=1S/C14H15ClFNO3/c1-7-6-8(15)4-5-9(7)11-10(13(18)19)12(20-17-11)14(2,3)16/h6H,4-5H2,1-3H3,(H,18,19). The van der Waals surface area contributed by atoms with Crippen molar-refractivity contribution in [3.05, 3.63) is 33.7 Å². The molecule has 1 N–H and O–H groups in total. The molecule has 0 atom stereocenters. The molecule has 0 radical (unpaired) electrons. The van der Waals surface area contributed by atoms with Crippen LogP contribution in [0.15, 0.2) is 21.2 Å². The van der Waals surface area contributed by atoms with Gasteiger partial charge in [-0.25, -0.2) is 9.18 Å². The molecule has 1 aromatic rings. The molecule has 0 aromatic carbocycles. The zero-order valence-electron chi connectivity index (χ0n) is 11.5. The van der Waals surface area contributed by atoms with Crippen LogP contribution in [-0.2, 0) is 5.67 Å². The van der Waals surface area contributed by atoms with Crippen molar-refractivity contribution in [3.63, 3.8) is 0 Å². The van der Waals surface area contributed by atoms with E-state index in [9.17, 15) is 14.3 Å². The van der Waals surface area contributed by atoms with Crippen LogP contribution in [0.4, 0.5) is 4.39 Å². The van der Waals surface area contributed by atoms with Gasteiger partial charge in [0.15, 0.2) is 11.4 Å². The fourth-order valence-corrected chi connectivity index (χ4v) is 2.50. The number of allylic oxidation sites excluding steroid dienone is 4. The highest BCUT2D eigenvalue weighted by molar-refractivity contribution is 6.30. The second-order valence-corrected chi connectivity index (χ2v) is 5.75. The number of alkyl halides is 1. The van der Waals surface area contributed by atoms with Crippen LogP contribution in [0.2, 0.25) is 0 Å². The van der Waals surface area contributed by atoms with Gasteiger partial charge in [-0.3, -0.25) is 0 Å². The molecule has 2 rings (SSSR count). The maximum atomic E-state index is 14.0. The molecule has 1 heterocycles. The minimum atomic E-state index is -1.91. The van der Waals surface area contributed by atoms with Crippen molar-refractivity contribution >= 4 is 23.1 Å². The monoisotopic (exact) mass is 299 g/mol. The van der Waals surface area contributed by atoms with Crippen LogP contribution in [0.3, 0.4) is 0 Å². The van der Waals surface area contributed by atoms with E-state index in [0.717, 1.165) is 11.1 Å². The Morgan fingerprint density at radius 2 is 2.15 bits per heavy atom. The molecule has 4 nitrogen and oxygen atoms in total. The zero-order valence-corrected chi connectivity index (χ0v) is 12.2. The van der Waals surface area contributed by atoms with E-state index in [1.54, 1.807) is 6.08 Å². The van der Waals surface area contributed by atoms with E-state index in [1.165, 1.54) is 13.8 Å². The molecule has 108 valence electrons. The molecule has 0 saturated carbocycles. The summed E-state index contributed by atoms with van der Waals surface area (Å²) in [6.07, 6.45) is 2.93. The summed E-state index contributed by atoms with van der Waals surface area (Å²) < 4.78 is 19.0. The molecule has 0 aliphatic heterocycles. The predicted octanol–water partition coefficient (Wildman–Crippen LogP) is 4.27. The first-order valence-electron chi connectivity index (χ1n) is 6.20. The Hall–Kier alpha value is -1.62. The van der Waals surface area contributed by atoms with Gasteiger partial charge in [0.25, 0.3) is 0 Å². The van der Waals surface area contributed by atoms with E-state index in [4.69, 9.17) is 16.1 Å². The highest BCUT2D eigenvalue weighted by atomic mass is 35.5. The van der Waals surface area contributed by atoms with Crippen molar-refractivity contribution in [2.75, 3.05) is 0 Å². The van der Waals surface area contributed by atoms with Gasteiger partial charge in [-0.1, -0.05) is 16.8 Å². The van der Waals surface area contributed by atoms with E-state index in [1.807, 2.05) is 6.92 Å². The van der Waals surface area contributed by atoms with Gasteiger partial charge in [0.1, 0.15) is 11.3 Å². The topological polar surface area (TPSA) is 63.3 Å². The van der Waals surface area contributed by atoms with Crippen LogP contribution < -0.4 is 0 Å². The molecule has 1 aliphatic rings. The average molecular weight is 300 g/mol.